The Kier molecular flexibility index (Phi) is 3.42. The Morgan fingerprint density at radius 2 is 2.36 bits per heavy atom. The number of aryl methyl sites for hydroxylation is 1. The first kappa shape index (κ1) is 13.5. The maximum atomic E-state index is 4.40. The van der Waals surface area contributed by atoms with Crippen LogP contribution in [-0.2, 0) is 19.5 Å². The molecule has 1 aliphatic heterocycles. The van der Waals surface area contributed by atoms with Crippen molar-refractivity contribution in [2.24, 2.45) is 5.92 Å². The fourth-order valence-electron chi connectivity index (χ4n) is 3.54. The van der Waals surface area contributed by atoms with E-state index in [0.29, 0.717) is 5.92 Å². The van der Waals surface area contributed by atoms with Gasteiger partial charge in [0.25, 0.3) is 0 Å². The summed E-state index contributed by atoms with van der Waals surface area (Å²) in [6.45, 7) is 3.16. The maximum Gasteiger partial charge on any atom is 0.108 e. The quantitative estimate of drug-likeness (QED) is 0.804. The van der Waals surface area contributed by atoms with Crippen molar-refractivity contribution in [3.63, 3.8) is 0 Å². The van der Waals surface area contributed by atoms with E-state index in [2.05, 4.69) is 56.1 Å². The van der Waals surface area contributed by atoms with Gasteiger partial charge in [-0.1, -0.05) is 18.2 Å². The topological polar surface area (TPSA) is 49.7 Å². The molecule has 0 radical (unpaired) electrons. The fraction of sp³-hybridized carbons (Fsp3) is 0.412. The first-order valence-corrected chi connectivity index (χ1v) is 7.89. The Balaban J connectivity index is 1.43. The van der Waals surface area contributed by atoms with Gasteiger partial charge in [0.2, 0.25) is 0 Å². The molecule has 0 aliphatic carbocycles. The molecular formula is C17H21N5. The van der Waals surface area contributed by atoms with E-state index in [1.54, 1.807) is 0 Å². The third kappa shape index (κ3) is 2.52. The van der Waals surface area contributed by atoms with Crippen LogP contribution in [0.4, 0.5) is 0 Å². The zero-order valence-electron chi connectivity index (χ0n) is 12.9. The van der Waals surface area contributed by atoms with Gasteiger partial charge in [0.05, 0.1) is 11.7 Å². The first-order valence-electron chi connectivity index (χ1n) is 7.89. The van der Waals surface area contributed by atoms with Crippen molar-refractivity contribution in [3.05, 3.63) is 48.2 Å². The largest absolute Gasteiger partial charge is 0.335 e. The Morgan fingerprint density at radius 3 is 3.32 bits per heavy atom. The van der Waals surface area contributed by atoms with Crippen LogP contribution in [0.1, 0.15) is 17.8 Å². The number of H-pyrrole nitrogens is 1. The molecule has 22 heavy (non-hydrogen) atoms. The summed E-state index contributed by atoms with van der Waals surface area (Å²) >= 11 is 0. The Bertz CT molecular complexity index is 772. The van der Waals surface area contributed by atoms with Crippen molar-refractivity contribution in [3.8, 4) is 0 Å². The molecule has 114 valence electrons. The minimum atomic E-state index is 0.702. The summed E-state index contributed by atoms with van der Waals surface area (Å²) in [5, 5.41) is 8.45. The van der Waals surface area contributed by atoms with Gasteiger partial charge in [-0.05, 0) is 24.9 Å². The minimum absolute atomic E-state index is 0.702. The maximum absolute atomic E-state index is 4.40. The first-order chi connectivity index (χ1) is 10.8. The fourth-order valence-corrected chi connectivity index (χ4v) is 3.54. The van der Waals surface area contributed by atoms with E-state index in [4.69, 9.17) is 0 Å². The molecule has 4 rings (SSSR count). The second-order valence-electron chi connectivity index (χ2n) is 6.35. The Morgan fingerprint density at radius 1 is 1.41 bits per heavy atom. The monoisotopic (exact) mass is 295 g/mol. The lowest BCUT2D eigenvalue weighted by Crippen LogP contribution is -2.31. The third-order valence-electron chi connectivity index (χ3n) is 4.61. The van der Waals surface area contributed by atoms with E-state index in [1.165, 1.54) is 23.2 Å². The molecule has 0 unspecified atom stereocenters. The van der Waals surface area contributed by atoms with Gasteiger partial charge in [0, 0.05) is 43.8 Å². The van der Waals surface area contributed by atoms with Crippen LogP contribution in [0.5, 0.6) is 0 Å². The third-order valence-corrected chi connectivity index (χ3v) is 4.61. The van der Waals surface area contributed by atoms with Crippen LogP contribution in [-0.4, -0.2) is 38.2 Å². The summed E-state index contributed by atoms with van der Waals surface area (Å²) in [5.41, 5.74) is 2.48. The minimum Gasteiger partial charge on any atom is -0.335 e. The molecule has 3 aromatic rings. The highest BCUT2D eigenvalue weighted by Gasteiger charge is 2.20. The highest BCUT2D eigenvalue weighted by atomic mass is 15.1. The Labute approximate surface area is 130 Å². The molecule has 0 spiro atoms. The molecule has 0 fully saturated rings. The molecule has 1 aliphatic rings. The lowest BCUT2D eigenvalue weighted by atomic mass is 9.98. The number of nitrogens with one attached hydrogen (secondary N) is 1. The summed E-state index contributed by atoms with van der Waals surface area (Å²) in [4.78, 5) is 6.82. The average Bonchev–Trinajstić information content (AvgIpc) is 3.15. The highest BCUT2D eigenvalue weighted by molar-refractivity contribution is 5.81. The molecular weight excluding hydrogens is 274 g/mol. The van der Waals surface area contributed by atoms with Crippen LogP contribution in [0.15, 0.2) is 36.8 Å². The summed E-state index contributed by atoms with van der Waals surface area (Å²) in [6.07, 6.45) is 8.24. The molecule has 2 aromatic heterocycles. The number of hydrogen-bond acceptors (Lipinski definition) is 3. The number of hydrogen-bond donors (Lipinski definition) is 1. The van der Waals surface area contributed by atoms with Crippen molar-refractivity contribution in [2.45, 2.75) is 25.9 Å². The number of imidazole rings is 1. The van der Waals surface area contributed by atoms with Gasteiger partial charge in [-0.15, -0.1) is 0 Å². The van der Waals surface area contributed by atoms with Gasteiger partial charge in [0.15, 0.2) is 0 Å². The van der Waals surface area contributed by atoms with Crippen LogP contribution in [0, 0.1) is 5.92 Å². The lowest BCUT2D eigenvalue weighted by Gasteiger charge is -2.28. The molecule has 5 nitrogen and oxygen atoms in total. The number of para-hydroxylation sites is 1. The molecule has 0 saturated carbocycles. The molecule has 0 amide bonds. The number of fused-ring (bicyclic) bond motifs is 2. The Hall–Kier alpha value is -2.14. The van der Waals surface area contributed by atoms with Crippen LogP contribution < -0.4 is 0 Å². The predicted molar refractivity (Wildman–Crippen MR) is 86.5 cm³/mol. The van der Waals surface area contributed by atoms with E-state index >= 15 is 0 Å². The smallest absolute Gasteiger partial charge is 0.108 e. The zero-order chi connectivity index (χ0) is 14.9. The van der Waals surface area contributed by atoms with Crippen LogP contribution in [0.25, 0.3) is 10.9 Å². The van der Waals surface area contributed by atoms with Gasteiger partial charge >= 0.3 is 0 Å². The van der Waals surface area contributed by atoms with Crippen molar-refractivity contribution < 1.29 is 0 Å². The van der Waals surface area contributed by atoms with Gasteiger partial charge in [-0.25, -0.2) is 4.98 Å². The number of benzene rings is 1. The summed E-state index contributed by atoms with van der Waals surface area (Å²) in [7, 11) is 2.21. The molecule has 0 saturated heterocycles. The van der Waals surface area contributed by atoms with Crippen molar-refractivity contribution in [1.82, 2.24) is 24.6 Å². The molecule has 0 bridgehead atoms. The molecule has 5 heteroatoms. The van der Waals surface area contributed by atoms with E-state index in [-0.39, 0.29) is 0 Å². The molecule has 1 atom stereocenters. The SMILES string of the molecule is CN(Cc1cccc2cn[nH]c12)C[C@H]1CCc2nccn2C1. The van der Waals surface area contributed by atoms with E-state index < -0.39 is 0 Å². The van der Waals surface area contributed by atoms with E-state index in [0.717, 1.165) is 31.6 Å². The van der Waals surface area contributed by atoms with Gasteiger partial charge in [-0.3, -0.25) is 5.10 Å². The highest BCUT2D eigenvalue weighted by Crippen LogP contribution is 2.21. The van der Waals surface area contributed by atoms with Crippen LogP contribution in [0.2, 0.25) is 0 Å². The molecule has 1 N–H and O–H groups in total. The lowest BCUT2D eigenvalue weighted by molar-refractivity contribution is 0.229. The van der Waals surface area contributed by atoms with Crippen molar-refractivity contribution in [1.29, 1.82) is 0 Å². The van der Waals surface area contributed by atoms with Crippen molar-refractivity contribution in [2.75, 3.05) is 13.6 Å². The average molecular weight is 295 g/mol. The van der Waals surface area contributed by atoms with Gasteiger partial charge in [0.1, 0.15) is 5.82 Å². The standard InChI is InChI=1S/C17H21N5/c1-21(10-13-5-6-16-18-7-8-22(16)11-13)12-15-4-2-3-14-9-19-20-17(14)15/h2-4,7-9,13H,5-6,10-12H2,1H3,(H,19,20)/t13-/m1/s1. The van der Waals surface area contributed by atoms with E-state index in [1.807, 2.05) is 12.4 Å². The van der Waals surface area contributed by atoms with Crippen LogP contribution >= 0.6 is 0 Å². The summed E-state index contributed by atoms with van der Waals surface area (Å²) < 4.78 is 2.30. The van der Waals surface area contributed by atoms with E-state index in [9.17, 15) is 0 Å². The van der Waals surface area contributed by atoms with Crippen molar-refractivity contribution >= 4 is 10.9 Å². The molecule has 1 aromatic carbocycles. The summed E-state index contributed by atoms with van der Waals surface area (Å²) in [6, 6.07) is 6.40. The van der Waals surface area contributed by atoms with Gasteiger partial charge in [-0.2, -0.15) is 5.10 Å². The van der Waals surface area contributed by atoms with Crippen LogP contribution in [0.3, 0.4) is 0 Å². The number of rotatable bonds is 4. The number of aromatic nitrogens is 4. The second-order valence-corrected chi connectivity index (χ2v) is 6.35. The second kappa shape index (κ2) is 5.57. The normalized spacial score (nSPS) is 18.0. The molecule has 3 heterocycles. The predicted octanol–water partition coefficient (Wildman–Crippen LogP) is 2.45. The zero-order valence-corrected chi connectivity index (χ0v) is 12.9. The van der Waals surface area contributed by atoms with Gasteiger partial charge < -0.3 is 9.47 Å². The summed E-state index contributed by atoms with van der Waals surface area (Å²) in [5.74, 6) is 1.94. The number of nitrogens with zero attached hydrogens (tertiary/aromatic N) is 4. The number of aromatic amines is 1.